The lowest BCUT2D eigenvalue weighted by Gasteiger charge is -2.34. The van der Waals surface area contributed by atoms with Crippen LogP contribution < -0.4 is 0 Å². The van der Waals surface area contributed by atoms with Crippen molar-refractivity contribution < 1.29 is 9.18 Å². The van der Waals surface area contributed by atoms with Crippen molar-refractivity contribution in [2.75, 3.05) is 32.7 Å². The summed E-state index contributed by atoms with van der Waals surface area (Å²) in [6, 6.07) is 7.03. The van der Waals surface area contributed by atoms with Crippen LogP contribution in [0.2, 0.25) is 0 Å². The molecule has 102 valence electrons. The summed E-state index contributed by atoms with van der Waals surface area (Å²) in [5, 5.41) is 0. The minimum Gasteiger partial charge on any atom is -0.298 e. The smallest absolute Gasteiger partial charge is 0.179 e. The van der Waals surface area contributed by atoms with E-state index in [4.69, 9.17) is 0 Å². The highest BCUT2D eigenvalue weighted by Gasteiger charge is 2.31. The molecular weight excluding hydrogens is 243 g/mol. The second-order valence-electron chi connectivity index (χ2n) is 5.45. The Labute approximate surface area is 113 Å². The van der Waals surface area contributed by atoms with E-state index in [1.54, 1.807) is 18.2 Å². The summed E-state index contributed by atoms with van der Waals surface area (Å²) < 4.78 is 13.5. The second-order valence-corrected chi connectivity index (χ2v) is 5.45. The van der Waals surface area contributed by atoms with E-state index in [2.05, 4.69) is 9.80 Å². The monoisotopic (exact) mass is 262 g/mol. The lowest BCUT2D eigenvalue weighted by Crippen LogP contribution is -2.48. The first-order valence-corrected chi connectivity index (χ1v) is 6.98. The molecule has 0 radical (unpaired) electrons. The van der Waals surface area contributed by atoms with Crippen molar-refractivity contribution in [3.8, 4) is 0 Å². The van der Waals surface area contributed by atoms with Gasteiger partial charge in [-0.15, -0.1) is 0 Å². The van der Waals surface area contributed by atoms with Gasteiger partial charge in [0, 0.05) is 32.2 Å². The predicted octanol–water partition coefficient (Wildman–Crippen LogP) is 1.79. The van der Waals surface area contributed by atoms with Crippen LogP contribution in [0.5, 0.6) is 0 Å². The molecule has 1 saturated carbocycles. The number of Topliss-reactive ketones (excluding diaryl/α,β-unsaturated/α-hetero) is 1. The number of benzene rings is 1. The average molecular weight is 262 g/mol. The summed E-state index contributed by atoms with van der Waals surface area (Å²) in [5.74, 6) is -0.526. The number of carbonyl (C=O) groups is 1. The SMILES string of the molecule is O=C(CN1CCN(C2CC2)CC1)c1ccccc1F. The van der Waals surface area contributed by atoms with Gasteiger partial charge in [0.05, 0.1) is 12.1 Å². The van der Waals surface area contributed by atoms with Crippen molar-refractivity contribution in [2.45, 2.75) is 18.9 Å². The molecule has 0 unspecified atom stereocenters. The van der Waals surface area contributed by atoms with Gasteiger partial charge in [-0.1, -0.05) is 12.1 Å². The molecule has 0 spiro atoms. The molecule has 1 saturated heterocycles. The van der Waals surface area contributed by atoms with Crippen LogP contribution in [0.15, 0.2) is 24.3 Å². The third-order valence-corrected chi connectivity index (χ3v) is 4.01. The standard InChI is InChI=1S/C15H19FN2O/c16-14-4-2-1-3-13(14)15(19)11-17-7-9-18(10-8-17)12-5-6-12/h1-4,12H,5-11H2. The highest BCUT2D eigenvalue weighted by molar-refractivity contribution is 5.97. The summed E-state index contributed by atoms with van der Waals surface area (Å²) in [6.07, 6.45) is 2.66. The van der Waals surface area contributed by atoms with Crippen molar-refractivity contribution in [1.82, 2.24) is 9.80 Å². The largest absolute Gasteiger partial charge is 0.298 e. The Morgan fingerprint density at radius 3 is 2.47 bits per heavy atom. The molecule has 3 rings (SSSR count). The van der Waals surface area contributed by atoms with E-state index >= 15 is 0 Å². The van der Waals surface area contributed by atoms with Crippen molar-refractivity contribution in [1.29, 1.82) is 0 Å². The van der Waals surface area contributed by atoms with Crippen molar-refractivity contribution in [3.63, 3.8) is 0 Å². The third kappa shape index (κ3) is 3.01. The summed E-state index contributed by atoms with van der Waals surface area (Å²) in [7, 11) is 0. The van der Waals surface area contributed by atoms with Gasteiger partial charge in [0.25, 0.3) is 0 Å². The Bertz CT molecular complexity index is 465. The quantitative estimate of drug-likeness (QED) is 0.773. The number of rotatable bonds is 4. The first-order valence-electron chi connectivity index (χ1n) is 6.98. The highest BCUT2D eigenvalue weighted by atomic mass is 19.1. The fourth-order valence-corrected chi connectivity index (χ4v) is 2.70. The fraction of sp³-hybridized carbons (Fsp3) is 0.533. The Morgan fingerprint density at radius 2 is 1.84 bits per heavy atom. The zero-order valence-electron chi connectivity index (χ0n) is 11.0. The zero-order valence-corrected chi connectivity index (χ0v) is 11.0. The van der Waals surface area contributed by atoms with E-state index < -0.39 is 5.82 Å². The Hall–Kier alpha value is -1.26. The van der Waals surface area contributed by atoms with Gasteiger partial charge < -0.3 is 0 Å². The van der Waals surface area contributed by atoms with Gasteiger partial charge in [-0.2, -0.15) is 0 Å². The van der Waals surface area contributed by atoms with Crippen LogP contribution in [0, 0.1) is 5.82 Å². The maximum atomic E-state index is 13.5. The van der Waals surface area contributed by atoms with Gasteiger partial charge in [-0.3, -0.25) is 14.6 Å². The average Bonchev–Trinajstić information content (AvgIpc) is 3.24. The summed E-state index contributed by atoms with van der Waals surface area (Å²) in [5.41, 5.74) is 0.215. The van der Waals surface area contributed by atoms with Gasteiger partial charge in [0.15, 0.2) is 5.78 Å². The van der Waals surface area contributed by atoms with Crippen LogP contribution in [0.3, 0.4) is 0 Å². The second kappa shape index (κ2) is 5.39. The van der Waals surface area contributed by atoms with Crippen molar-refractivity contribution >= 4 is 5.78 Å². The highest BCUT2D eigenvalue weighted by Crippen LogP contribution is 2.27. The molecule has 19 heavy (non-hydrogen) atoms. The molecule has 0 bridgehead atoms. The molecule has 0 aromatic heterocycles. The first kappa shape index (κ1) is 12.8. The fourth-order valence-electron chi connectivity index (χ4n) is 2.70. The Balaban J connectivity index is 1.54. The molecule has 2 aliphatic rings. The minimum absolute atomic E-state index is 0.113. The van der Waals surface area contributed by atoms with E-state index in [0.717, 1.165) is 32.2 Å². The minimum atomic E-state index is -0.413. The Morgan fingerprint density at radius 1 is 1.16 bits per heavy atom. The molecule has 1 aromatic carbocycles. The number of ketones is 1. The van der Waals surface area contributed by atoms with Crippen LogP contribution in [-0.4, -0.2) is 54.3 Å². The molecule has 2 fully saturated rings. The van der Waals surface area contributed by atoms with Crippen LogP contribution >= 0.6 is 0 Å². The Kier molecular flexibility index (Phi) is 3.62. The normalized spacial score (nSPS) is 21.5. The summed E-state index contributed by atoms with van der Waals surface area (Å²) in [4.78, 5) is 16.7. The molecule has 3 nitrogen and oxygen atoms in total. The van der Waals surface area contributed by atoms with E-state index in [1.165, 1.54) is 18.9 Å². The van der Waals surface area contributed by atoms with Crippen molar-refractivity contribution in [2.24, 2.45) is 0 Å². The first-order chi connectivity index (χ1) is 9.24. The van der Waals surface area contributed by atoms with Gasteiger partial charge >= 0.3 is 0 Å². The van der Waals surface area contributed by atoms with E-state index in [0.29, 0.717) is 6.54 Å². The third-order valence-electron chi connectivity index (χ3n) is 4.01. The molecule has 1 aliphatic carbocycles. The van der Waals surface area contributed by atoms with Crippen LogP contribution in [0.25, 0.3) is 0 Å². The number of nitrogens with zero attached hydrogens (tertiary/aromatic N) is 2. The number of carbonyl (C=O) groups excluding carboxylic acids is 1. The molecule has 0 atom stereocenters. The molecule has 0 N–H and O–H groups in total. The van der Waals surface area contributed by atoms with Gasteiger partial charge in [-0.05, 0) is 25.0 Å². The predicted molar refractivity (Wildman–Crippen MR) is 71.8 cm³/mol. The lowest BCUT2D eigenvalue weighted by atomic mass is 10.1. The van der Waals surface area contributed by atoms with Crippen LogP contribution in [-0.2, 0) is 0 Å². The molecule has 1 aliphatic heterocycles. The topological polar surface area (TPSA) is 23.6 Å². The lowest BCUT2D eigenvalue weighted by molar-refractivity contribution is 0.0840. The maximum Gasteiger partial charge on any atom is 0.179 e. The van der Waals surface area contributed by atoms with Gasteiger partial charge in [0.2, 0.25) is 0 Å². The molecule has 0 amide bonds. The maximum absolute atomic E-state index is 13.5. The van der Waals surface area contributed by atoms with Gasteiger partial charge in [0.1, 0.15) is 5.82 Å². The summed E-state index contributed by atoms with van der Waals surface area (Å²) in [6.45, 7) is 4.23. The number of hydrogen-bond donors (Lipinski definition) is 0. The number of piperazine rings is 1. The van der Waals surface area contributed by atoms with E-state index in [-0.39, 0.29) is 11.3 Å². The molecular formula is C15H19FN2O. The molecule has 1 heterocycles. The summed E-state index contributed by atoms with van der Waals surface area (Å²) >= 11 is 0. The number of halogens is 1. The molecule has 1 aromatic rings. The van der Waals surface area contributed by atoms with Crippen LogP contribution in [0.4, 0.5) is 4.39 Å². The zero-order chi connectivity index (χ0) is 13.2. The van der Waals surface area contributed by atoms with Crippen molar-refractivity contribution in [3.05, 3.63) is 35.6 Å². The van der Waals surface area contributed by atoms with E-state index in [9.17, 15) is 9.18 Å². The van der Waals surface area contributed by atoms with Crippen LogP contribution in [0.1, 0.15) is 23.2 Å². The van der Waals surface area contributed by atoms with Gasteiger partial charge in [-0.25, -0.2) is 4.39 Å². The molecule has 4 heteroatoms. The van der Waals surface area contributed by atoms with E-state index in [1.807, 2.05) is 0 Å². The number of hydrogen-bond acceptors (Lipinski definition) is 3.